The van der Waals surface area contributed by atoms with E-state index in [1.807, 2.05) is 0 Å². The van der Waals surface area contributed by atoms with Crippen LogP contribution in [0.5, 0.6) is 5.75 Å². The molecule has 3 N–H and O–H groups in total. The molecule has 2 rings (SSSR count). The van der Waals surface area contributed by atoms with Gasteiger partial charge in [0.2, 0.25) is 5.91 Å². The van der Waals surface area contributed by atoms with Gasteiger partial charge in [-0.05, 0) is 32.0 Å². The first kappa shape index (κ1) is 18.3. The summed E-state index contributed by atoms with van der Waals surface area (Å²) in [6.07, 6.45) is 1.17. The second kappa shape index (κ2) is 8.20. The van der Waals surface area contributed by atoms with Gasteiger partial charge >= 0.3 is 11.8 Å². The minimum atomic E-state index is -1.13. The number of amides is 3. The Bertz CT molecular complexity index is 699. The number of hydrogen-bond donors (Lipinski definition) is 3. The number of nitro groups is 1. The summed E-state index contributed by atoms with van der Waals surface area (Å²) in [6, 6.07) is 3.57. The maximum absolute atomic E-state index is 12.0. The Morgan fingerprint density at radius 2 is 1.92 bits per heavy atom. The largest absolute Gasteiger partial charge is 0.495 e. The number of hydrogen-bond acceptors (Lipinski definition) is 7. The zero-order valence-electron chi connectivity index (χ0n) is 13.5. The number of carbonyl (C=O) groups excluding carboxylic acids is 3. The van der Waals surface area contributed by atoms with E-state index < -0.39 is 22.6 Å². The first-order valence-corrected chi connectivity index (χ1v) is 7.61. The van der Waals surface area contributed by atoms with Crippen LogP contribution in [0.4, 0.5) is 11.4 Å². The summed E-state index contributed by atoms with van der Waals surface area (Å²) < 4.78 is 4.99. The van der Waals surface area contributed by atoms with E-state index in [4.69, 9.17) is 4.74 Å². The van der Waals surface area contributed by atoms with E-state index >= 15 is 0 Å². The average Bonchev–Trinajstić information content (AvgIpc) is 2.62. The van der Waals surface area contributed by atoms with Crippen molar-refractivity contribution in [3.05, 3.63) is 28.3 Å². The molecule has 25 heavy (non-hydrogen) atoms. The van der Waals surface area contributed by atoms with Crippen LogP contribution in [-0.2, 0) is 14.4 Å². The number of rotatable bonds is 4. The third kappa shape index (κ3) is 4.73. The number of nitro benzene ring substituents is 1. The van der Waals surface area contributed by atoms with Gasteiger partial charge in [-0.15, -0.1) is 0 Å². The number of benzene rings is 1. The summed E-state index contributed by atoms with van der Waals surface area (Å²) in [4.78, 5) is 46.0. The predicted molar refractivity (Wildman–Crippen MR) is 87.0 cm³/mol. The smallest absolute Gasteiger partial charge is 0.316 e. The van der Waals surface area contributed by atoms with Crippen LogP contribution in [-0.4, -0.2) is 42.8 Å². The van der Waals surface area contributed by atoms with Gasteiger partial charge < -0.3 is 15.4 Å². The summed E-state index contributed by atoms with van der Waals surface area (Å²) in [5, 5.41) is 18.2. The van der Waals surface area contributed by atoms with Crippen molar-refractivity contribution in [3.8, 4) is 5.75 Å². The van der Waals surface area contributed by atoms with E-state index in [2.05, 4.69) is 16.0 Å². The molecule has 1 aromatic rings. The van der Waals surface area contributed by atoms with Gasteiger partial charge in [0.25, 0.3) is 5.69 Å². The molecule has 0 aromatic heterocycles. The first-order chi connectivity index (χ1) is 11.9. The Hall–Kier alpha value is -3.01. The minimum Gasteiger partial charge on any atom is -0.495 e. The normalized spacial score (nSPS) is 14.4. The molecule has 0 saturated carbocycles. The van der Waals surface area contributed by atoms with Crippen molar-refractivity contribution in [2.75, 3.05) is 25.5 Å². The van der Waals surface area contributed by atoms with Crippen LogP contribution in [0.25, 0.3) is 0 Å². The zero-order valence-corrected chi connectivity index (χ0v) is 13.5. The summed E-state index contributed by atoms with van der Waals surface area (Å²) in [7, 11) is 1.32. The molecule has 0 bridgehead atoms. The maximum atomic E-state index is 12.0. The van der Waals surface area contributed by atoms with Crippen LogP contribution in [0.1, 0.15) is 12.8 Å². The van der Waals surface area contributed by atoms with Crippen LogP contribution in [0, 0.1) is 16.0 Å². The molecule has 0 unspecified atom stereocenters. The molecule has 0 aliphatic carbocycles. The van der Waals surface area contributed by atoms with Crippen LogP contribution in [0.15, 0.2) is 18.2 Å². The fourth-order valence-electron chi connectivity index (χ4n) is 2.44. The molecule has 0 atom stereocenters. The lowest BCUT2D eigenvalue weighted by molar-refractivity contribution is -0.384. The molecule has 10 heteroatoms. The highest BCUT2D eigenvalue weighted by Gasteiger charge is 2.25. The Morgan fingerprint density at radius 3 is 2.52 bits per heavy atom. The standard InChI is InChI=1S/C15H18N4O6/c1-25-12-3-2-10(19(23)24)8-11(12)17-14(21)15(22)18-13(20)9-4-6-16-7-5-9/h2-3,8-9,16H,4-7H2,1H3,(H,17,21)(H,18,20,22). The number of anilines is 1. The molecule has 1 aliphatic rings. The fraction of sp³-hybridized carbons (Fsp3) is 0.400. The lowest BCUT2D eigenvalue weighted by Crippen LogP contribution is -2.44. The molecule has 134 valence electrons. The van der Waals surface area contributed by atoms with Crippen LogP contribution < -0.4 is 20.7 Å². The van der Waals surface area contributed by atoms with Gasteiger partial charge in [-0.2, -0.15) is 0 Å². The van der Waals surface area contributed by atoms with Gasteiger partial charge in [0.05, 0.1) is 17.7 Å². The molecule has 1 saturated heterocycles. The van der Waals surface area contributed by atoms with Crippen molar-refractivity contribution in [3.63, 3.8) is 0 Å². The van der Waals surface area contributed by atoms with Crippen molar-refractivity contribution in [2.45, 2.75) is 12.8 Å². The van der Waals surface area contributed by atoms with Crippen molar-refractivity contribution >= 4 is 29.1 Å². The Labute approximate surface area is 143 Å². The second-order valence-electron chi connectivity index (χ2n) is 5.44. The van der Waals surface area contributed by atoms with E-state index in [1.54, 1.807) is 0 Å². The summed E-state index contributed by atoms with van der Waals surface area (Å²) in [5.74, 6) is -2.92. The minimum absolute atomic E-state index is 0.0360. The number of carbonyl (C=O) groups is 3. The number of ether oxygens (including phenoxy) is 1. The predicted octanol–water partition coefficient (Wildman–Crippen LogP) is 0.184. The second-order valence-corrected chi connectivity index (χ2v) is 5.44. The Morgan fingerprint density at radius 1 is 1.24 bits per heavy atom. The van der Waals surface area contributed by atoms with E-state index in [0.717, 1.165) is 6.07 Å². The van der Waals surface area contributed by atoms with Gasteiger partial charge in [-0.25, -0.2) is 0 Å². The number of imide groups is 1. The zero-order chi connectivity index (χ0) is 18.4. The summed E-state index contributed by atoms with van der Waals surface area (Å²) in [6.45, 7) is 1.34. The molecule has 0 spiro atoms. The Kier molecular flexibility index (Phi) is 6.01. The third-order valence-electron chi connectivity index (χ3n) is 3.79. The van der Waals surface area contributed by atoms with Crippen molar-refractivity contribution < 1.29 is 24.0 Å². The van der Waals surface area contributed by atoms with Crippen LogP contribution in [0.3, 0.4) is 0 Å². The van der Waals surface area contributed by atoms with E-state index in [1.165, 1.54) is 19.2 Å². The van der Waals surface area contributed by atoms with Gasteiger partial charge in [-0.3, -0.25) is 29.8 Å². The lowest BCUT2D eigenvalue weighted by Gasteiger charge is -2.21. The highest BCUT2D eigenvalue weighted by Crippen LogP contribution is 2.28. The molecular formula is C15H18N4O6. The Balaban J connectivity index is 2.03. The van der Waals surface area contributed by atoms with Crippen molar-refractivity contribution in [2.24, 2.45) is 5.92 Å². The molecule has 1 fully saturated rings. The average molecular weight is 350 g/mol. The summed E-state index contributed by atoms with van der Waals surface area (Å²) >= 11 is 0. The van der Waals surface area contributed by atoms with E-state index in [0.29, 0.717) is 25.9 Å². The summed E-state index contributed by atoms with van der Waals surface area (Å²) in [5.41, 5.74) is -0.312. The van der Waals surface area contributed by atoms with Crippen LogP contribution in [0.2, 0.25) is 0 Å². The third-order valence-corrected chi connectivity index (χ3v) is 3.79. The van der Waals surface area contributed by atoms with Crippen LogP contribution >= 0.6 is 0 Å². The highest BCUT2D eigenvalue weighted by atomic mass is 16.6. The van der Waals surface area contributed by atoms with Crippen molar-refractivity contribution in [1.29, 1.82) is 0 Å². The number of non-ortho nitro benzene ring substituents is 1. The quantitative estimate of drug-likeness (QED) is 0.400. The molecular weight excluding hydrogens is 332 g/mol. The lowest BCUT2D eigenvalue weighted by atomic mass is 9.97. The van der Waals surface area contributed by atoms with Gasteiger partial charge in [0.15, 0.2) is 0 Å². The molecule has 1 aromatic carbocycles. The maximum Gasteiger partial charge on any atom is 0.316 e. The van der Waals surface area contributed by atoms with Gasteiger partial charge in [0.1, 0.15) is 5.75 Å². The number of nitrogens with zero attached hydrogens (tertiary/aromatic N) is 1. The van der Waals surface area contributed by atoms with Crippen molar-refractivity contribution in [1.82, 2.24) is 10.6 Å². The molecule has 3 amide bonds. The van der Waals surface area contributed by atoms with Gasteiger partial charge in [0, 0.05) is 18.1 Å². The number of nitrogens with one attached hydrogen (secondary N) is 3. The monoisotopic (exact) mass is 350 g/mol. The fourth-order valence-corrected chi connectivity index (χ4v) is 2.44. The molecule has 0 radical (unpaired) electrons. The number of methoxy groups -OCH3 is 1. The topological polar surface area (TPSA) is 140 Å². The molecule has 1 heterocycles. The highest BCUT2D eigenvalue weighted by molar-refractivity contribution is 6.42. The van der Waals surface area contributed by atoms with Gasteiger partial charge in [-0.1, -0.05) is 0 Å². The first-order valence-electron chi connectivity index (χ1n) is 7.61. The van der Waals surface area contributed by atoms with E-state index in [9.17, 15) is 24.5 Å². The SMILES string of the molecule is COc1ccc([N+](=O)[O-])cc1NC(=O)C(=O)NC(=O)C1CCNCC1. The molecule has 10 nitrogen and oxygen atoms in total. The number of piperidine rings is 1. The van der Waals surface area contributed by atoms with E-state index in [-0.39, 0.29) is 23.0 Å². The molecule has 1 aliphatic heterocycles.